The van der Waals surface area contributed by atoms with E-state index in [2.05, 4.69) is 24.2 Å². The number of nitrogens with zero attached hydrogens (tertiary/aromatic N) is 1. The third kappa shape index (κ3) is 7.21. The van der Waals surface area contributed by atoms with E-state index in [0.717, 1.165) is 6.42 Å². The van der Waals surface area contributed by atoms with Crippen molar-refractivity contribution in [3.8, 4) is 0 Å². The predicted octanol–water partition coefficient (Wildman–Crippen LogP) is 1.79. The quantitative estimate of drug-likeness (QED) is 0.591. The molecular formula is C8H16N2. The van der Waals surface area contributed by atoms with Crippen molar-refractivity contribution in [1.82, 2.24) is 5.32 Å². The molecule has 0 radical (unpaired) electrons. The highest BCUT2D eigenvalue weighted by Crippen LogP contribution is 1.94. The van der Waals surface area contributed by atoms with Crippen LogP contribution < -0.4 is 5.32 Å². The van der Waals surface area contributed by atoms with Gasteiger partial charge in [0.15, 0.2) is 0 Å². The number of nitrogens with one attached hydrogen (secondary N) is 1. The average molecular weight is 140 g/mol. The van der Waals surface area contributed by atoms with E-state index in [0.29, 0.717) is 5.92 Å². The van der Waals surface area contributed by atoms with Gasteiger partial charge in [0.05, 0.1) is 0 Å². The van der Waals surface area contributed by atoms with Crippen molar-refractivity contribution < 1.29 is 0 Å². The van der Waals surface area contributed by atoms with Gasteiger partial charge in [0.1, 0.15) is 0 Å². The second-order valence-corrected chi connectivity index (χ2v) is 2.57. The molecule has 0 amide bonds. The van der Waals surface area contributed by atoms with Crippen molar-refractivity contribution in [1.29, 1.82) is 0 Å². The first-order chi connectivity index (χ1) is 4.77. The number of hydrogen-bond acceptors (Lipinski definition) is 2. The molecule has 0 aliphatic carbocycles. The highest BCUT2D eigenvalue weighted by Gasteiger charge is 1.85. The van der Waals surface area contributed by atoms with Gasteiger partial charge in [0.25, 0.3) is 0 Å². The molecule has 0 spiro atoms. The summed E-state index contributed by atoms with van der Waals surface area (Å²) < 4.78 is 0. The molecule has 0 atom stereocenters. The summed E-state index contributed by atoms with van der Waals surface area (Å²) >= 11 is 0. The topological polar surface area (TPSA) is 24.4 Å². The Bertz CT molecular complexity index is 114. The molecule has 0 fully saturated rings. The molecular weight excluding hydrogens is 124 g/mol. The summed E-state index contributed by atoms with van der Waals surface area (Å²) in [5.41, 5.74) is 0. The van der Waals surface area contributed by atoms with Gasteiger partial charge in [0, 0.05) is 25.7 Å². The van der Waals surface area contributed by atoms with Gasteiger partial charge < -0.3 is 5.32 Å². The van der Waals surface area contributed by atoms with Crippen LogP contribution in [-0.2, 0) is 0 Å². The van der Waals surface area contributed by atoms with Crippen molar-refractivity contribution in [3.63, 3.8) is 0 Å². The molecule has 0 aromatic carbocycles. The Balaban J connectivity index is 3.28. The molecule has 0 aliphatic rings. The Morgan fingerprint density at radius 1 is 1.50 bits per heavy atom. The van der Waals surface area contributed by atoms with Gasteiger partial charge >= 0.3 is 0 Å². The van der Waals surface area contributed by atoms with Crippen molar-refractivity contribution >= 4 is 6.21 Å². The second-order valence-electron chi connectivity index (χ2n) is 2.57. The van der Waals surface area contributed by atoms with Crippen LogP contribution in [0.4, 0.5) is 0 Å². The number of rotatable bonds is 4. The van der Waals surface area contributed by atoms with Crippen molar-refractivity contribution in [2.75, 3.05) is 7.05 Å². The summed E-state index contributed by atoms with van der Waals surface area (Å²) in [6.45, 7) is 4.35. The second kappa shape index (κ2) is 6.33. The summed E-state index contributed by atoms with van der Waals surface area (Å²) in [4.78, 5) is 4.03. The summed E-state index contributed by atoms with van der Waals surface area (Å²) in [6.07, 6.45) is 6.53. The van der Waals surface area contributed by atoms with E-state index in [1.807, 2.05) is 13.3 Å². The SMILES string of the molecule is CN/C=C\N=CCC(C)C. The standard InChI is InChI=1S/C8H16N2/c1-8(2)4-5-10-7-6-9-3/h5-9H,4H2,1-3H3/b7-6-,10-5?. The lowest BCUT2D eigenvalue weighted by Crippen LogP contribution is -1.90. The van der Waals surface area contributed by atoms with Gasteiger partial charge in [-0.3, -0.25) is 4.99 Å². The van der Waals surface area contributed by atoms with E-state index < -0.39 is 0 Å². The largest absolute Gasteiger partial charge is 0.393 e. The van der Waals surface area contributed by atoms with Crippen molar-refractivity contribution in [3.05, 3.63) is 12.4 Å². The maximum absolute atomic E-state index is 4.03. The molecule has 0 saturated carbocycles. The fourth-order valence-corrected chi connectivity index (χ4v) is 0.450. The van der Waals surface area contributed by atoms with E-state index in [4.69, 9.17) is 0 Å². The Hall–Kier alpha value is -0.790. The minimum absolute atomic E-state index is 0.701. The van der Waals surface area contributed by atoms with Crippen LogP contribution >= 0.6 is 0 Å². The average Bonchev–Trinajstić information content (AvgIpc) is 1.87. The van der Waals surface area contributed by atoms with Crippen molar-refractivity contribution in [2.24, 2.45) is 10.9 Å². The van der Waals surface area contributed by atoms with Crippen LogP contribution in [0, 0.1) is 5.92 Å². The van der Waals surface area contributed by atoms with E-state index >= 15 is 0 Å². The van der Waals surface area contributed by atoms with Crippen LogP contribution in [0.5, 0.6) is 0 Å². The molecule has 58 valence electrons. The first kappa shape index (κ1) is 9.21. The molecule has 2 heteroatoms. The number of aliphatic imine (C=N–C) groups is 1. The fraction of sp³-hybridized carbons (Fsp3) is 0.625. The van der Waals surface area contributed by atoms with Gasteiger partial charge in [-0.05, 0) is 12.3 Å². The zero-order chi connectivity index (χ0) is 7.82. The minimum atomic E-state index is 0.701. The maximum Gasteiger partial charge on any atom is 0.0420 e. The van der Waals surface area contributed by atoms with Crippen LogP contribution in [0.1, 0.15) is 20.3 Å². The number of hydrogen-bond donors (Lipinski definition) is 1. The van der Waals surface area contributed by atoms with Gasteiger partial charge in [-0.15, -0.1) is 0 Å². The monoisotopic (exact) mass is 140 g/mol. The summed E-state index contributed by atoms with van der Waals surface area (Å²) in [5, 5.41) is 2.86. The smallest absolute Gasteiger partial charge is 0.0420 e. The van der Waals surface area contributed by atoms with Crippen LogP contribution in [0.2, 0.25) is 0 Å². The third-order valence-electron chi connectivity index (χ3n) is 1.01. The zero-order valence-electron chi connectivity index (χ0n) is 6.96. The molecule has 0 unspecified atom stereocenters. The van der Waals surface area contributed by atoms with Crippen molar-refractivity contribution in [2.45, 2.75) is 20.3 Å². The molecule has 10 heavy (non-hydrogen) atoms. The Morgan fingerprint density at radius 3 is 2.70 bits per heavy atom. The highest BCUT2D eigenvalue weighted by molar-refractivity contribution is 5.58. The lowest BCUT2D eigenvalue weighted by molar-refractivity contribution is 0.690. The van der Waals surface area contributed by atoms with Gasteiger partial charge in [0.2, 0.25) is 0 Å². The summed E-state index contributed by atoms with van der Waals surface area (Å²) in [5.74, 6) is 0.701. The van der Waals surface area contributed by atoms with Crippen LogP contribution in [-0.4, -0.2) is 13.3 Å². The Labute approximate surface area is 63.0 Å². The maximum atomic E-state index is 4.03. The molecule has 0 aromatic heterocycles. The van der Waals surface area contributed by atoms with E-state index in [9.17, 15) is 0 Å². The molecule has 0 bridgehead atoms. The Morgan fingerprint density at radius 2 is 2.20 bits per heavy atom. The molecule has 0 rings (SSSR count). The molecule has 2 nitrogen and oxygen atoms in total. The van der Waals surface area contributed by atoms with Crippen LogP contribution in [0.25, 0.3) is 0 Å². The molecule has 0 aromatic rings. The van der Waals surface area contributed by atoms with Crippen LogP contribution in [0.3, 0.4) is 0 Å². The third-order valence-corrected chi connectivity index (χ3v) is 1.01. The van der Waals surface area contributed by atoms with Gasteiger partial charge in [-0.2, -0.15) is 0 Å². The van der Waals surface area contributed by atoms with E-state index in [1.54, 1.807) is 12.4 Å². The highest BCUT2D eigenvalue weighted by atomic mass is 14.8. The lowest BCUT2D eigenvalue weighted by Gasteiger charge is -1.93. The zero-order valence-corrected chi connectivity index (χ0v) is 6.96. The van der Waals surface area contributed by atoms with Crippen LogP contribution in [0.15, 0.2) is 17.4 Å². The summed E-state index contributed by atoms with van der Waals surface area (Å²) in [7, 11) is 1.86. The summed E-state index contributed by atoms with van der Waals surface area (Å²) in [6, 6.07) is 0. The first-order valence-corrected chi connectivity index (χ1v) is 3.61. The Kier molecular flexibility index (Phi) is 5.83. The molecule has 1 N–H and O–H groups in total. The van der Waals surface area contributed by atoms with Gasteiger partial charge in [-0.1, -0.05) is 13.8 Å². The van der Waals surface area contributed by atoms with Gasteiger partial charge in [-0.25, -0.2) is 0 Å². The normalized spacial score (nSPS) is 12.0. The fourth-order valence-electron chi connectivity index (χ4n) is 0.450. The lowest BCUT2D eigenvalue weighted by atomic mass is 10.2. The van der Waals surface area contributed by atoms with E-state index in [1.165, 1.54) is 0 Å². The van der Waals surface area contributed by atoms with E-state index in [-0.39, 0.29) is 0 Å². The molecule has 0 aliphatic heterocycles. The first-order valence-electron chi connectivity index (χ1n) is 3.61. The molecule has 0 heterocycles. The predicted molar refractivity (Wildman–Crippen MR) is 46.1 cm³/mol. The molecule has 0 saturated heterocycles. The minimum Gasteiger partial charge on any atom is -0.393 e.